The first-order chi connectivity index (χ1) is 15.8. The highest BCUT2D eigenvalue weighted by Crippen LogP contribution is 2.44. The molecule has 3 rings (SSSR count). The van der Waals surface area contributed by atoms with Crippen molar-refractivity contribution in [2.45, 2.75) is 12.8 Å². The quantitative estimate of drug-likeness (QED) is 0.506. The Labute approximate surface area is 196 Å². The Morgan fingerprint density at radius 2 is 1.52 bits per heavy atom. The van der Waals surface area contributed by atoms with Gasteiger partial charge in [0.2, 0.25) is 0 Å². The molecule has 0 radical (unpaired) electrons. The Bertz CT molecular complexity index is 1130. The molecule has 0 fully saturated rings. The zero-order chi connectivity index (χ0) is 24.1. The Morgan fingerprint density at radius 1 is 0.909 bits per heavy atom. The molecule has 9 heteroatoms. The minimum Gasteiger partial charge on any atom is -0.466 e. The molecule has 0 saturated carbocycles. The number of carbonyl (C=O) groups excluding carboxylic acids is 3. The third-order valence-corrected chi connectivity index (χ3v) is 5.32. The van der Waals surface area contributed by atoms with Gasteiger partial charge in [0.25, 0.3) is 0 Å². The summed E-state index contributed by atoms with van der Waals surface area (Å²) in [5, 5.41) is 0.447. The summed E-state index contributed by atoms with van der Waals surface area (Å²) < 4.78 is 15.3. The van der Waals surface area contributed by atoms with Crippen molar-refractivity contribution in [2.75, 3.05) is 25.7 Å². The first-order valence-corrected chi connectivity index (χ1v) is 10.4. The molecule has 2 aromatic carbocycles. The molecule has 0 aliphatic carbocycles. The fourth-order valence-corrected chi connectivity index (χ4v) is 3.81. The van der Waals surface area contributed by atoms with Gasteiger partial charge in [-0.2, -0.15) is 0 Å². The van der Waals surface area contributed by atoms with Crippen LogP contribution in [0.1, 0.15) is 18.4 Å². The first-order valence-electron chi connectivity index (χ1n) is 10.0. The molecule has 0 aromatic heterocycles. The second kappa shape index (κ2) is 10.2. The maximum absolute atomic E-state index is 13.1. The maximum Gasteiger partial charge on any atom is 0.355 e. The summed E-state index contributed by atoms with van der Waals surface area (Å²) in [6.07, 6.45) is 0. The second-order valence-electron chi connectivity index (χ2n) is 6.92. The van der Waals surface area contributed by atoms with E-state index < -0.39 is 23.8 Å². The van der Waals surface area contributed by atoms with Crippen LogP contribution in [0.25, 0.3) is 0 Å². The molecule has 172 valence electrons. The van der Waals surface area contributed by atoms with Crippen LogP contribution in [0.3, 0.4) is 0 Å². The highest BCUT2D eigenvalue weighted by molar-refractivity contribution is 6.30. The second-order valence-corrected chi connectivity index (χ2v) is 7.36. The predicted octanol–water partition coefficient (Wildman–Crippen LogP) is 3.28. The largest absolute Gasteiger partial charge is 0.466 e. The van der Waals surface area contributed by atoms with Crippen LogP contribution in [-0.2, 0) is 28.6 Å². The molecule has 1 unspecified atom stereocenters. The fourth-order valence-electron chi connectivity index (χ4n) is 3.68. The molecule has 0 amide bonds. The minimum absolute atomic E-state index is 0.00828. The van der Waals surface area contributed by atoms with Gasteiger partial charge in [-0.05, 0) is 36.8 Å². The van der Waals surface area contributed by atoms with Gasteiger partial charge in [-0.25, -0.2) is 14.4 Å². The number of methoxy groups -OCH3 is 2. The van der Waals surface area contributed by atoms with E-state index in [1.165, 1.54) is 19.1 Å². The monoisotopic (exact) mass is 470 g/mol. The van der Waals surface area contributed by atoms with Crippen LogP contribution in [0.2, 0.25) is 5.02 Å². The molecule has 1 atom stereocenters. The normalized spacial score (nSPS) is 15.9. The Balaban J connectivity index is 2.43. The van der Waals surface area contributed by atoms with Crippen molar-refractivity contribution in [1.82, 2.24) is 0 Å². The van der Waals surface area contributed by atoms with Gasteiger partial charge in [0, 0.05) is 10.7 Å². The van der Waals surface area contributed by atoms with Crippen molar-refractivity contribution >= 4 is 35.2 Å². The van der Waals surface area contributed by atoms with Gasteiger partial charge in [-0.1, -0.05) is 41.9 Å². The number of anilines is 1. The van der Waals surface area contributed by atoms with Crippen LogP contribution in [0, 0.1) is 0 Å². The number of carbonyl (C=O) groups is 3. The Morgan fingerprint density at radius 3 is 2.06 bits per heavy atom. The van der Waals surface area contributed by atoms with E-state index in [1.807, 2.05) is 0 Å². The van der Waals surface area contributed by atoms with Crippen LogP contribution in [0.15, 0.2) is 77.3 Å². The number of benzene rings is 2. The summed E-state index contributed by atoms with van der Waals surface area (Å²) in [6.45, 7) is 1.74. The standard InChI is InChI=1S/C24H23ClN2O6/c1-4-33-23(29)19-17(14-8-6-5-7-9-14)18(22(28)31-2)20(24(30)32-3)27(21(19)26)16-12-10-15(25)11-13-16/h5-13,17H,4,26H2,1-3H3. The van der Waals surface area contributed by atoms with E-state index in [0.29, 0.717) is 16.3 Å². The predicted molar refractivity (Wildman–Crippen MR) is 122 cm³/mol. The molecule has 1 aliphatic rings. The Hall–Kier alpha value is -3.78. The summed E-state index contributed by atoms with van der Waals surface area (Å²) in [7, 11) is 2.37. The SMILES string of the molecule is CCOC(=O)C1=C(N)N(c2ccc(Cl)cc2)C(C(=O)OC)=C(C(=O)OC)C1c1ccccc1. The van der Waals surface area contributed by atoms with E-state index in [0.717, 1.165) is 0 Å². The van der Waals surface area contributed by atoms with Crippen molar-refractivity contribution in [1.29, 1.82) is 0 Å². The number of hydrogen-bond donors (Lipinski definition) is 1. The number of hydrogen-bond acceptors (Lipinski definition) is 8. The smallest absolute Gasteiger partial charge is 0.355 e. The van der Waals surface area contributed by atoms with E-state index >= 15 is 0 Å². The molecule has 0 spiro atoms. The van der Waals surface area contributed by atoms with Gasteiger partial charge in [-0.3, -0.25) is 4.90 Å². The number of ether oxygens (including phenoxy) is 3. The van der Waals surface area contributed by atoms with Crippen LogP contribution in [0.4, 0.5) is 5.69 Å². The minimum atomic E-state index is -1.03. The summed E-state index contributed by atoms with van der Waals surface area (Å²) in [4.78, 5) is 40.5. The summed E-state index contributed by atoms with van der Waals surface area (Å²) in [6, 6.07) is 15.1. The third kappa shape index (κ3) is 4.56. The lowest BCUT2D eigenvalue weighted by Gasteiger charge is -2.37. The fraction of sp³-hybridized carbons (Fsp3) is 0.208. The van der Waals surface area contributed by atoms with Crippen LogP contribution in [-0.4, -0.2) is 38.7 Å². The lowest BCUT2D eigenvalue weighted by Crippen LogP contribution is -2.42. The van der Waals surface area contributed by atoms with Crippen LogP contribution in [0.5, 0.6) is 0 Å². The lowest BCUT2D eigenvalue weighted by atomic mass is 9.80. The molecule has 8 nitrogen and oxygen atoms in total. The summed E-state index contributed by atoms with van der Waals surface area (Å²) in [5.41, 5.74) is 7.15. The van der Waals surface area contributed by atoms with Crippen LogP contribution < -0.4 is 10.6 Å². The van der Waals surface area contributed by atoms with Gasteiger partial charge in [-0.15, -0.1) is 0 Å². The average Bonchev–Trinajstić information content (AvgIpc) is 2.83. The average molecular weight is 471 g/mol. The van der Waals surface area contributed by atoms with Crippen molar-refractivity contribution in [2.24, 2.45) is 5.73 Å². The van der Waals surface area contributed by atoms with Gasteiger partial charge in [0.05, 0.1) is 37.9 Å². The first kappa shape index (κ1) is 23.9. The van der Waals surface area contributed by atoms with Crippen molar-refractivity contribution in [3.63, 3.8) is 0 Å². The topological polar surface area (TPSA) is 108 Å². The van der Waals surface area contributed by atoms with E-state index in [1.54, 1.807) is 61.5 Å². The molecule has 0 saturated heterocycles. The molecular formula is C24H23ClN2O6. The molecular weight excluding hydrogens is 448 g/mol. The number of nitrogens with two attached hydrogens (primary N) is 1. The van der Waals surface area contributed by atoms with Crippen molar-refractivity contribution in [3.8, 4) is 0 Å². The van der Waals surface area contributed by atoms with Crippen molar-refractivity contribution < 1.29 is 28.6 Å². The van der Waals surface area contributed by atoms with Gasteiger partial charge >= 0.3 is 17.9 Å². The highest BCUT2D eigenvalue weighted by atomic mass is 35.5. The summed E-state index contributed by atoms with van der Waals surface area (Å²) in [5.74, 6) is -3.50. The third-order valence-electron chi connectivity index (χ3n) is 5.07. The van der Waals surface area contributed by atoms with E-state index in [2.05, 4.69) is 0 Å². The van der Waals surface area contributed by atoms with Crippen molar-refractivity contribution in [3.05, 3.63) is 87.8 Å². The van der Waals surface area contributed by atoms with E-state index in [-0.39, 0.29) is 29.3 Å². The van der Waals surface area contributed by atoms with Gasteiger partial charge in [0.1, 0.15) is 11.5 Å². The zero-order valence-corrected chi connectivity index (χ0v) is 19.1. The molecule has 0 bridgehead atoms. The van der Waals surface area contributed by atoms with E-state index in [9.17, 15) is 14.4 Å². The maximum atomic E-state index is 13.1. The molecule has 1 heterocycles. The molecule has 2 N–H and O–H groups in total. The molecule has 1 aliphatic heterocycles. The number of nitrogens with zero attached hydrogens (tertiary/aromatic N) is 1. The zero-order valence-electron chi connectivity index (χ0n) is 18.3. The number of esters is 3. The number of halogens is 1. The molecule has 2 aromatic rings. The number of rotatable bonds is 6. The van der Waals surface area contributed by atoms with Crippen LogP contribution >= 0.6 is 11.6 Å². The lowest BCUT2D eigenvalue weighted by molar-refractivity contribution is -0.141. The molecule has 33 heavy (non-hydrogen) atoms. The summed E-state index contributed by atoms with van der Waals surface area (Å²) >= 11 is 6.02. The Kier molecular flexibility index (Phi) is 7.40. The van der Waals surface area contributed by atoms with Gasteiger partial charge in [0.15, 0.2) is 0 Å². The highest BCUT2D eigenvalue weighted by Gasteiger charge is 2.45. The van der Waals surface area contributed by atoms with Gasteiger partial charge < -0.3 is 19.9 Å². The van der Waals surface area contributed by atoms with E-state index in [4.69, 9.17) is 31.5 Å².